The molecule has 1 fully saturated rings. The summed E-state index contributed by atoms with van der Waals surface area (Å²) in [6.07, 6.45) is 2.09. The van der Waals surface area contributed by atoms with E-state index >= 15 is 0 Å². The Morgan fingerprint density at radius 2 is 2.30 bits per heavy atom. The summed E-state index contributed by atoms with van der Waals surface area (Å²) in [5.74, 6) is -0.208. The molecule has 0 aliphatic carbocycles. The minimum Gasteiger partial charge on any atom is -0.486 e. The number of ether oxygens (including phenoxy) is 1. The summed E-state index contributed by atoms with van der Waals surface area (Å²) < 4.78 is 20.3. The van der Waals surface area contributed by atoms with E-state index in [-0.39, 0.29) is 25.5 Å². The van der Waals surface area contributed by atoms with Gasteiger partial charge in [0.1, 0.15) is 30.3 Å². The second-order valence-electron chi connectivity index (χ2n) is 5.70. The van der Waals surface area contributed by atoms with Gasteiger partial charge in [-0.1, -0.05) is 6.07 Å². The van der Waals surface area contributed by atoms with Gasteiger partial charge >= 0.3 is 0 Å². The molecule has 1 aliphatic rings. The first kappa shape index (κ1) is 15.5. The van der Waals surface area contributed by atoms with E-state index in [0.717, 1.165) is 5.56 Å². The highest BCUT2D eigenvalue weighted by Crippen LogP contribution is 2.20. The molecule has 7 heteroatoms. The topological polar surface area (TPSA) is 67.6 Å². The van der Waals surface area contributed by atoms with E-state index in [0.29, 0.717) is 5.75 Å². The number of rotatable bonds is 4. The Hall–Kier alpha value is -2.41. The summed E-state index contributed by atoms with van der Waals surface area (Å²) in [5, 5.41) is 14.2. The largest absolute Gasteiger partial charge is 0.486 e. The van der Waals surface area contributed by atoms with Crippen LogP contribution in [0.25, 0.3) is 0 Å². The van der Waals surface area contributed by atoms with Gasteiger partial charge in [-0.05, 0) is 24.6 Å². The van der Waals surface area contributed by atoms with Gasteiger partial charge in [-0.15, -0.1) is 0 Å². The molecule has 1 aromatic heterocycles. The zero-order valence-corrected chi connectivity index (χ0v) is 12.7. The lowest BCUT2D eigenvalue weighted by atomic mass is 10.2. The van der Waals surface area contributed by atoms with Gasteiger partial charge in [0.15, 0.2) is 0 Å². The van der Waals surface area contributed by atoms with Crippen LogP contribution in [0.3, 0.4) is 0 Å². The lowest BCUT2D eigenvalue weighted by Gasteiger charge is -2.17. The van der Waals surface area contributed by atoms with Crippen LogP contribution in [0.15, 0.2) is 36.7 Å². The number of amides is 1. The maximum atomic E-state index is 13.2. The van der Waals surface area contributed by atoms with Gasteiger partial charge in [-0.2, -0.15) is 5.10 Å². The van der Waals surface area contributed by atoms with Gasteiger partial charge < -0.3 is 14.7 Å². The fourth-order valence-electron chi connectivity index (χ4n) is 2.58. The molecule has 0 radical (unpaired) electrons. The molecule has 6 nitrogen and oxygen atoms in total. The Morgan fingerprint density at radius 3 is 3.00 bits per heavy atom. The standard InChI is InChI=1S/C16H18FN3O3/c1-11-6-18-20(7-11)10-16(22)19-8-14(21)15(9-19)23-13-4-2-3-12(17)5-13/h2-7,14-15,21H,8-10H2,1H3/t14-,15-/m1/s1. The minimum atomic E-state index is -0.804. The van der Waals surface area contributed by atoms with Crippen LogP contribution in [-0.4, -0.2) is 51.0 Å². The van der Waals surface area contributed by atoms with Gasteiger partial charge in [0.2, 0.25) is 5.91 Å². The van der Waals surface area contributed by atoms with E-state index in [1.54, 1.807) is 23.1 Å². The predicted molar refractivity (Wildman–Crippen MR) is 80.4 cm³/mol. The number of β-amino-alcohol motifs (C(OH)–C–C–N with tert-alkyl or cyclic N) is 1. The average Bonchev–Trinajstić information content (AvgIpc) is 3.06. The summed E-state index contributed by atoms with van der Waals surface area (Å²) in [7, 11) is 0. The molecule has 1 amide bonds. The molecule has 0 bridgehead atoms. The van der Waals surface area contributed by atoms with Crippen molar-refractivity contribution in [3.63, 3.8) is 0 Å². The first-order valence-corrected chi connectivity index (χ1v) is 7.38. The van der Waals surface area contributed by atoms with Crippen molar-refractivity contribution < 1.29 is 19.0 Å². The number of aryl methyl sites for hydroxylation is 1. The molecule has 1 aromatic carbocycles. The Kier molecular flexibility index (Phi) is 4.29. The molecule has 1 aliphatic heterocycles. The van der Waals surface area contributed by atoms with E-state index in [1.807, 2.05) is 6.92 Å². The minimum absolute atomic E-state index is 0.118. The molecule has 0 unspecified atom stereocenters. The third-order valence-corrected chi connectivity index (χ3v) is 3.73. The number of halogens is 1. The summed E-state index contributed by atoms with van der Waals surface area (Å²) in [6.45, 7) is 2.47. The molecule has 0 spiro atoms. The van der Waals surface area contributed by atoms with Crippen LogP contribution in [0.1, 0.15) is 5.56 Å². The van der Waals surface area contributed by atoms with Gasteiger partial charge in [0, 0.05) is 12.3 Å². The van der Waals surface area contributed by atoms with Crippen molar-refractivity contribution >= 4 is 5.91 Å². The summed E-state index contributed by atoms with van der Waals surface area (Å²) >= 11 is 0. The zero-order chi connectivity index (χ0) is 16.4. The molecular formula is C16H18FN3O3. The van der Waals surface area contributed by atoms with Crippen LogP contribution in [0.4, 0.5) is 4.39 Å². The van der Waals surface area contributed by atoms with Crippen molar-refractivity contribution in [2.24, 2.45) is 0 Å². The molecule has 1 saturated heterocycles. The predicted octanol–water partition coefficient (Wildman–Crippen LogP) is 0.981. The molecule has 0 saturated carbocycles. The van der Waals surface area contributed by atoms with Crippen LogP contribution >= 0.6 is 0 Å². The van der Waals surface area contributed by atoms with Crippen molar-refractivity contribution in [3.05, 3.63) is 48.0 Å². The number of hydrogen-bond donors (Lipinski definition) is 1. The Balaban J connectivity index is 1.60. The van der Waals surface area contributed by atoms with Crippen molar-refractivity contribution in [1.29, 1.82) is 0 Å². The fourth-order valence-corrected chi connectivity index (χ4v) is 2.58. The van der Waals surface area contributed by atoms with Crippen molar-refractivity contribution in [1.82, 2.24) is 14.7 Å². The van der Waals surface area contributed by atoms with Crippen LogP contribution < -0.4 is 4.74 Å². The van der Waals surface area contributed by atoms with E-state index < -0.39 is 18.0 Å². The number of likely N-dealkylation sites (tertiary alicyclic amines) is 1. The quantitative estimate of drug-likeness (QED) is 0.912. The molecule has 1 N–H and O–H groups in total. The number of aliphatic hydroxyl groups is 1. The monoisotopic (exact) mass is 319 g/mol. The molecule has 23 heavy (non-hydrogen) atoms. The highest BCUT2D eigenvalue weighted by Gasteiger charge is 2.35. The van der Waals surface area contributed by atoms with E-state index in [2.05, 4.69) is 5.10 Å². The van der Waals surface area contributed by atoms with Gasteiger partial charge in [0.05, 0.1) is 19.3 Å². The third kappa shape index (κ3) is 3.68. The third-order valence-electron chi connectivity index (χ3n) is 3.73. The fraction of sp³-hybridized carbons (Fsp3) is 0.375. The number of hydrogen-bond acceptors (Lipinski definition) is 4. The number of carbonyl (C=O) groups excluding carboxylic acids is 1. The molecule has 122 valence electrons. The highest BCUT2D eigenvalue weighted by atomic mass is 19.1. The number of aromatic nitrogens is 2. The number of nitrogens with zero attached hydrogens (tertiary/aromatic N) is 3. The first-order chi connectivity index (χ1) is 11.0. The normalized spacial score (nSPS) is 20.7. The van der Waals surface area contributed by atoms with E-state index in [9.17, 15) is 14.3 Å². The van der Waals surface area contributed by atoms with Crippen molar-refractivity contribution in [3.8, 4) is 5.75 Å². The molecule has 2 aromatic rings. The van der Waals surface area contributed by atoms with Crippen LogP contribution in [0.5, 0.6) is 5.75 Å². The lowest BCUT2D eigenvalue weighted by molar-refractivity contribution is -0.131. The summed E-state index contributed by atoms with van der Waals surface area (Å²) in [4.78, 5) is 13.8. The van der Waals surface area contributed by atoms with Crippen molar-refractivity contribution in [2.75, 3.05) is 13.1 Å². The van der Waals surface area contributed by atoms with E-state index in [4.69, 9.17) is 4.74 Å². The highest BCUT2D eigenvalue weighted by molar-refractivity contribution is 5.76. The molecule has 2 heterocycles. The van der Waals surface area contributed by atoms with Gasteiger partial charge in [-0.25, -0.2) is 4.39 Å². The summed E-state index contributed by atoms with van der Waals surface area (Å²) in [6, 6.07) is 5.73. The van der Waals surface area contributed by atoms with E-state index in [1.165, 1.54) is 23.1 Å². The smallest absolute Gasteiger partial charge is 0.244 e. The maximum absolute atomic E-state index is 13.2. The number of aliphatic hydroxyl groups excluding tert-OH is 1. The van der Waals surface area contributed by atoms with Crippen LogP contribution in [-0.2, 0) is 11.3 Å². The SMILES string of the molecule is Cc1cnn(CC(=O)N2C[C@@H](O)[C@H](Oc3cccc(F)c3)C2)c1. The first-order valence-electron chi connectivity index (χ1n) is 7.38. The number of carbonyl (C=O) groups is 1. The van der Waals surface area contributed by atoms with Crippen LogP contribution in [0.2, 0.25) is 0 Å². The Morgan fingerprint density at radius 1 is 1.48 bits per heavy atom. The van der Waals surface area contributed by atoms with Gasteiger partial charge in [-0.3, -0.25) is 9.48 Å². The summed E-state index contributed by atoms with van der Waals surface area (Å²) in [5.41, 5.74) is 0.978. The Labute approximate surface area is 133 Å². The van der Waals surface area contributed by atoms with Crippen molar-refractivity contribution in [2.45, 2.75) is 25.7 Å². The molecular weight excluding hydrogens is 301 g/mol. The molecule has 3 rings (SSSR count). The second-order valence-corrected chi connectivity index (χ2v) is 5.70. The zero-order valence-electron chi connectivity index (χ0n) is 12.7. The lowest BCUT2D eigenvalue weighted by Crippen LogP contribution is -2.33. The second kappa shape index (κ2) is 6.37. The Bertz CT molecular complexity index is 703. The maximum Gasteiger partial charge on any atom is 0.244 e. The molecule has 2 atom stereocenters. The van der Waals surface area contributed by atoms with Crippen LogP contribution in [0, 0.1) is 12.7 Å². The van der Waals surface area contributed by atoms with Gasteiger partial charge in [0.25, 0.3) is 0 Å². The number of benzene rings is 1. The average molecular weight is 319 g/mol.